The molecule has 5 nitrogen and oxygen atoms in total. The highest BCUT2D eigenvalue weighted by Crippen LogP contribution is 1.75. The molecule has 0 heterocycles. The fourth-order valence-electron chi connectivity index (χ4n) is 0.258. The summed E-state index contributed by atoms with van der Waals surface area (Å²) in [5, 5.41) is 19.4. The summed E-state index contributed by atoms with van der Waals surface area (Å²) in [6.45, 7) is -0.650. The minimum atomic E-state index is -1.53. The Labute approximate surface area is 51.5 Å². The number of amides is 1. The van der Waals surface area contributed by atoms with Crippen LogP contribution in [0.3, 0.4) is 0 Å². The molecule has 0 aliphatic heterocycles. The first-order valence-corrected chi connectivity index (χ1v) is 2.16. The largest absolute Gasteiger partial charge is 0.548 e. The van der Waals surface area contributed by atoms with E-state index in [9.17, 15) is 19.8 Å². The molecule has 0 N–H and O–H groups in total. The van der Waals surface area contributed by atoms with Crippen LogP contribution in [0, 0.1) is 0 Å². The Morgan fingerprint density at radius 1 is 1.44 bits per heavy atom. The topological polar surface area (TPSA) is 83.5 Å². The van der Waals surface area contributed by atoms with E-state index in [1.807, 2.05) is 0 Å². The number of likely N-dealkylation sites (N-methyl/N-ethyl adjacent to an activating group) is 1. The summed E-state index contributed by atoms with van der Waals surface area (Å²) >= 11 is 0. The molecule has 52 valence electrons. The number of hydrogen-bond acceptors (Lipinski definition) is 4. The van der Waals surface area contributed by atoms with Crippen molar-refractivity contribution < 1.29 is 19.8 Å². The van der Waals surface area contributed by atoms with Crippen molar-refractivity contribution >= 4 is 12.1 Å². The first kappa shape index (κ1) is 7.74. The lowest BCUT2D eigenvalue weighted by molar-refractivity contribution is -0.309. The van der Waals surface area contributed by atoms with Crippen molar-refractivity contribution in [3.63, 3.8) is 0 Å². The maximum absolute atomic E-state index is 9.76. The standard InChI is InChI=1S/C4H7NO4/c1-5(4(8)9)2-3(6)7/h2H2,1H3,(H,6,7)(H,8,9)/p-2. The quantitative estimate of drug-likeness (QED) is 0.400. The van der Waals surface area contributed by atoms with Crippen molar-refractivity contribution in [1.29, 1.82) is 0 Å². The van der Waals surface area contributed by atoms with Crippen LogP contribution in [-0.2, 0) is 4.79 Å². The van der Waals surface area contributed by atoms with Crippen LogP contribution in [0.4, 0.5) is 4.79 Å². The number of hydrogen-bond donors (Lipinski definition) is 0. The number of nitrogens with zero attached hydrogens (tertiary/aromatic N) is 1. The zero-order valence-corrected chi connectivity index (χ0v) is 4.79. The van der Waals surface area contributed by atoms with Crippen molar-refractivity contribution in [2.45, 2.75) is 0 Å². The zero-order chi connectivity index (χ0) is 7.44. The van der Waals surface area contributed by atoms with Gasteiger partial charge in [0.1, 0.15) is 6.09 Å². The number of carboxylic acid groups (broad SMARTS) is 2. The van der Waals surface area contributed by atoms with Crippen molar-refractivity contribution in [2.75, 3.05) is 13.6 Å². The van der Waals surface area contributed by atoms with Gasteiger partial charge in [0, 0.05) is 7.05 Å². The van der Waals surface area contributed by atoms with E-state index in [4.69, 9.17) is 0 Å². The lowest BCUT2D eigenvalue weighted by atomic mass is 10.6. The molecule has 5 heteroatoms. The first-order chi connectivity index (χ1) is 4.04. The number of carbonyl (C=O) groups excluding carboxylic acids is 2. The lowest BCUT2D eigenvalue weighted by Gasteiger charge is -2.19. The highest BCUT2D eigenvalue weighted by Gasteiger charge is 1.94. The Bertz CT molecular complexity index is 133. The fraction of sp³-hybridized carbons (Fsp3) is 0.500. The SMILES string of the molecule is CN(CC(=O)[O-])C(=O)[O-]. The Kier molecular flexibility index (Phi) is 2.50. The second kappa shape index (κ2) is 2.91. The van der Waals surface area contributed by atoms with Crippen molar-refractivity contribution in [1.82, 2.24) is 4.90 Å². The average molecular weight is 131 g/mol. The van der Waals surface area contributed by atoms with E-state index in [-0.39, 0.29) is 0 Å². The minimum absolute atomic E-state index is 0.509. The lowest BCUT2D eigenvalue weighted by Crippen LogP contribution is -2.44. The molecule has 0 aromatic heterocycles. The molecule has 0 aromatic carbocycles. The van der Waals surface area contributed by atoms with Gasteiger partial charge in [-0.25, -0.2) is 0 Å². The van der Waals surface area contributed by atoms with Crippen LogP contribution in [-0.4, -0.2) is 30.6 Å². The molecule has 0 saturated carbocycles. The number of carbonyl (C=O) groups is 2. The summed E-state index contributed by atoms with van der Waals surface area (Å²) in [7, 11) is 1.09. The Morgan fingerprint density at radius 3 is 2.00 bits per heavy atom. The van der Waals surface area contributed by atoms with E-state index in [2.05, 4.69) is 0 Å². The van der Waals surface area contributed by atoms with E-state index >= 15 is 0 Å². The zero-order valence-electron chi connectivity index (χ0n) is 4.79. The number of rotatable bonds is 2. The predicted molar refractivity (Wildman–Crippen MR) is 23.0 cm³/mol. The fourth-order valence-corrected chi connectivity index (χ4v) is 0.258. The summed E-state index contributed by atoms with van der Waals surface area (Å²) < 4.78 is 0. The van der Waals surface area contributed by atoms with Gasteiger partial charge in [0.15, 0.2) is 0 Å². The number of aliphatic carboxylic acids is 1. The monoisotopic (exact) mass is 131 g/mol. The van der Waals surface area contributed by atoms with E-state index in [0.717, 1.165) is 7.05 Å². The second-order valence-corrected chi connectivity index (χ2v) is 1.49. The minimum Gasteiger partial charge on any atom is -0.548 e. The van der Waals surface area contributed by atoms with Crippen LogP contribution in [0.5, 0.6) is 0 Å². The molecule has 0 aromatic rings. The Balaban J connectivity index is 3.63. The van der Waals surface area contributed by atoms with Crippen molar-refractivity contribution in [3.05, 3.63) is 0 Å². The van der Waals surface area contributed by atoms with Crippen molar-refractivity contribution in [3.8, 4) is 0 Å². The predicted octanol–water partition coefficient (Wildman–Crippen LogP) is -2.99. The third-order valence-electron chi connectivity index (χ3n) is 0.678. The third-order valence-corrected chi connectivity index (χ3v) is 0.678. The molecular weight excluding hydrogens is 126 g/mol. The molecule has 9 heavy (non-hydrogen) atoms. The van der Waals surface area contributed by atoms with Gasteiger partial charge in [-0.2, -0.15) is 0 Å². The van der Waals surface area contributed by atoms with Gasteiger partial charge in [0.25, 0.3) is 0 Å². The molecule has 0 aliphatic rings. The number of carboxylic acids is 1. The molecule has 0 bridgehead atoms. The summed E-state index contributed by atoms with van der Waals surface area (Å²) in [6.07, 6.45) is -1.53. The average Bonchev–Trinajstić information content (AvgIpc) is 1.63. The van der Waals surface area contributed by atoms with Gasteiger partial charge in [-0.05, 0) is 0 Å². The van der Waals surface area contributed by atoms with E-state index in [1.54, 1.807) is 0 Å². The molecule has 0 fully saturated rings. The van der Waals surface area contributed by atoms with E-state index in [1.165, 1.54) is 0 Å². The second-order valence-electron chi connectivity index (χ2n) is 1.49. The molecule has 0 unspecified atom stereocenters. The van der Waals surface area contributed by atoms with Gasteiger partial charge in [-0.15, -0.1) is 0 Å². The normalized spacial score (nSPS) is 8.56. The molecule has 0 atom stereocenters. The van der Waals surface area contributed by atoms with E-state index in [0.29, 0.717) is 4.90 Å². The summed E-state index contributed by atoms with van der Waals surface area (Å²) in [5.74, 6) is -1.44. The molecule has 0 aliphatic carbocycles. The maximum atomic E-state index is 9.76. The van der Waals surface area contributed by atoms with Crippen LogP contribution in [0.2, 0.25) is 0 Å². The van der Waals surface area contributed by atoms with Gasteiger partial charge in [-0.1, -0.05) is 0 Å². The van der Waals surface area contributed by atoms with Crippen LogP contribution in [0.1, 0.15) is 0 Å². The van der Waals surface area contributed by atoms with Crippen LogP contribution in [0.25, 0.3) is 0 Å². The van der Waals surface area contributed by atoms with Gasteiger partial charge in [-0.3, -0.25) is 0 Å². The third kappa shape index (κ3) is 3.33. The molecule has 0 spiro atoms. The van der Waals surface area contributed by atoms with Gasteiger partial charge >= 0.3 is 0 Å². The molecule has 1 amide bonds. The highest BCUT2D eigenvalue weighted by atomic mass is 16.4. The Morgan fingerprint density at radius 2 is 1.89 bits per heavy atom. The van der Waals surface area contributed by atoms with Gasteiger partial charge in [0.2, 0.25) is 0 Å². The highest BCUT2D eigenvalue weighted by molar-refractivity contribution is 5.73. The van der Waals surface area contributed by atoms with Gasteiger partial charge in [0.05, 0.1) is 12.5 Å². The van der Waals surface area contributed by atoms with Crippen LogP contribution in [0.15, 0.2) is 0 Å². The molecule has 0 rings (SSSR count). The van der Waals surface area contributed by atoms with Crippen LogP contribution < -0.4 is 10.2 Å². The summed E-state index contributed by atoms with van der Waals surface area (Å²) in [6, 6.07) is 0. The summed E-state index contributed by atoms with van der Waals surface area (Å²) in [5.41, 5.74) is 0. The molecule has 0 saturated heterocycles. The maximum Gasteiger partial charge on any atom is 0.137 e. The first-order valence-electron chi connectivity index (χ1n) is 2.16. The smallest absolute Gasteiger partial charge is 0.137 e. The van der Waals surface area contributed by atoms with E-state index < -0.39 is 18.6 Å². The Hall–Kier alpha value is -1.26. The van der Waals surface area contributed by atoms with Crippen LogP contribution >= 0.6 is 0 Å². The van der Waals surface area contributed by atoms with Crippen molar-refractivity contribution in [2.24, 2.45) is 0 Å². The molecule has 0 radical (unpaired) electrons. The molecular formula is C4H5NO4-2. The van der Waals surface area contributed by atoms with Gasteiger partial charge < -0.3 is 24.7 Å². The summed E-state index contributed by atoms with van der Waals surface area (Å²) in [4.78, 5) is 19.9.